The van der Waals surface area contributed by atoms with E-state index in [-0.39, 0.29) is 0 Å². The Hall–Kier alpha value is -3.52. The number of amides is 2. The maximum atomic E-state index is 12.4. The summed E-state index contributed by atoms with van der Waals surface area (Å²) in [6, 6.07) is 17.6. The van der Waals surface area contributed by atoms with E-state index in [0.717, 1.165) is 10.6 Å². The minimum atomic E-state index is -0.807. The Balaban J connectivity index is 1.47. The number of rotatable bonds is 9. The van der Waals surface area contributed by atoms with Crippen molar-refractivity contribution in [2.45, 2.75) is 26.6 Å². The molecule has 3 aromatic rings. The highest BCUT2D eigenvalue weighted by Crippen LogP contribution is 2.19. The molecule has 2 aromatic carbocycles. The number of thiophene rings is 1. The molecule has 0 aliphatic carbocycles. The number of hydrazine groups is 1. The maximum Gasteiger partial charge on any atom is 0.279 e. The molecule has 2 N–H and O–H groups in total. The largest absolute Gasteiger partial charge is 0.494 e. The number of carbonyl (C=O) groups excluding carboxylic acids is 2. The molecular weight excluding hydrogens is 416 g/mol. The van der Waals surface area contributed by atoms with Crippen LogP contribution in [-0.2, 0) is 11.4 Å². The summed E-state index contributed by atoms with van der Waals surface area (Å²) in [4.78, 5) is 25.7. The number of nitrogens with one attached hydrogen (secondary N) is 2. The van der Waals surface area contributed by atoms with E-state index < -0.39 is 17.9 Å². The lowest BCUT2D eigenvalue weighted by molar-refractivity contribution is -0.128. The van der Waals surface area contributed by atoms with E-state index >= 15 is 0 Å². The molecule has 0 bridgehead atoms. The molecule has 0 radical (unpaired) electrons. The van der Waals surface area contributed by atoms with E-state index in [9.17, 15) is 9.59 Å². The van der Waals surface area contributed by atoms with Crippen LogP contribution in [0.3, 0.4) is 0 Å². The summed E-state index contributed by atoms with van der Waals surface area (Å²) < 4.78 is 16.7. The lowest BCUT2D eigenvalue weighted by Crippen LogP contribution is -2.47. The van der Waals surface area contributed by atoms with E-state index in [4.69, 9.17) is 14.2 Å². The molecule has 162 valence electrons. The zero-order valence-electron chi connectivity index (χ0n) is 17.3. The fourth-order valence-electron chi connectivity index (χ4n) is 2.61. The van der Waals surface area contributed by atoms with E-state index in [1.54, 1.807) is 66.8 Å². The highest BCUT2D eigenvalue weighted by atomic mass is 32.1. The van der Waals surface area contributed by atoms with E-state index in [1.165, 1.54) is 0 Å². The number of hydrogen-bond donors (Lipinski definition) is 2. The summed E-state index contributed by atoms with van der Waals surface area (Å²) in [6.45, 7) is 4.50. The van der Waals surface area contributed by atoms with Gasteiger partial charge in [-0.15, -0.1) is 11.3 Å². The van der Waals surface area contributed by atoms with Gasteiger partial charge < -0.3 is 14.2 Å². The Morgan fingerprint density at radius 3 is 2.42 bits per heavy atom. The molecular formula is C23H24N2O5S. The molecule has 0 aliphatic rings. The Morgan fingerprint density at radius 2 is 1.71 bits per heavy atom. The Morgan fingerprint density at radius 1 is 0.935 bits per heavy atom. The van der Waals surface area contributed by atoms with Crippen molar-refractivity contribution in [3.8, 4) is 17.2 Å². The van der Waals surface area contributed by atoms with Gasteiger partial charge in [-0.1, -0.05) is 12.1 Å². The van der Waals surface area contributed by atoms with E-state index in [2.05, 4.69) is 10.9 Å². The molecule has 0 saturated carbocycles. The Bertz CT molecular complexity index is 989. The van der Waals surface area contributed by atoms with Crippen molar-refractivity contribution in [1.29, 1.82) is 0 Å². The number of benzene rings is 2. The van der Waals surface area contributed by atoms with Gasteiger partial charge in [0.05, 0.1) is 6.61 Å². The molecule has 1 unspecified atom stereocenters. The van der Waals surface area contributed by atoms with Crippen LogP contribution in [0.1, 0.15) is 29.1 Å². The normalized spacial score (nSPS) is 11.3. The van der Waals surface area contributed by atoms with Crippen LogP contribution in [0, 0.1) is 0 Å². The quantitative estimate of drug-likeness (QED) is 0.492. The van der Waals surface area contributed by atoms with Crippen molar-refractivity contribution in [2.75, 3.05) is 6.61 Å². The van der Waals surface area contributed by atoms with Crippen LogP contribution in [0.15, 0.2) is 66.0 Å². The lowest BCUT2D eigenvalue weighted by Gasteiger charge is -2.15. The first-order valence-electron chi connectivity index (χ1n) is 9.80. The minimum absolute atomic E-state index is 0.365. The third-order valence-corrected chi connectivity index (χ3v) is 5.02. The van der Waals surface area contributed by atoms with Crippen molar-refractivity contribution < 1.29 is 23.8 Å². The topological polar surface area (TPSA) is 85.9 Å². The van der Waals surface area contributed by atoms with Crippen LogP contribution in [0.2, 0.25) is 0 Å². The second-order valence-corrected chi connectivity index (χ2v) is 7.54. The summed E-state index contributed by atoms with van der Waals surface area (Å²) in [5.41, 5.74) is 5.14. The fourth-order valence-corrected chi connectivity index (χ4v) is 3.22. The maximum absolute atomic E-state index is 12.4. The van der Waals surface area contributed by atoms with Gasteiger partial charge in [0.2, 0.25) is 0 Å². The molecule has 1 heterocycles. The van der Waals surface area contributed by atoms with Gasteiger partial charge in [-0.2, -0.15) is 0 Å². The average Bonchev–Trinajstić information content (AvgIpc) is 3.31. The minimum Gasteiger partial charge on any atom is -0.494 e. The smallest absolute Gasteiger partial charge is 0.279 e. The molecule has 0 spiro atoms. The van der Waals surface area contributed by atoms with Crippen molar-refractivity contribution in [1.82, 2.24) is 10.9 Å². The molecule has 0 saturated heterocycles. The van der Waals surface area contributed by atoms with Crippen LogP contribution in [0.4, 0.5) is 0 Å². The van der Waals surface area contributed by atoms with Crippen molar-refractivity contribution in [3.63, 3.8) is 0 Å². The van der Waals surface area contributed by atoms with Crippen LogP contribution >= 0.6 is 11.3 Å². The Labute approximate surface area is 184 Å². The second-order valence-electron chi connectivity index (χ2n) is 6.50. The predicted octanol–water partition coefficient (Wildman–Crippen LogP) is 3.95. The predicted molar refractivity (Wildman–Crippen MR) is 118 cm³/mol. The monoisotopic (exact) mass is 440 g/mol. The average molecular weight is 441 g/mol. The lowest BCUT2D eigenvalue weighted by atomic mass is 10.2. The van der Waals surface area contributed by atoms with Gasteiger partial charge in [-0.05, 0) is 67.8 Å². The third-order valence-electron chi connectivity index (χ3n) is 4.17. The van der Waals surface area contributed by atoms with Crippen molar-refractivity contribution >= 4 is 23.2 Å². The molecule has 3 rings (SSSR count). The fraction of sp³-hybridized carbons (Fsp3) is 0.217. The second kappa shape index (κ2) is 11.0. The summed E-state index contributed by atoms with van der Waals surface area (Å²) in [6.07, 6.45) is -0.807. The summed E-state index contributed by atoms with van der Waals surface area (Å²) in [7, 11) is 0. The summed E-state index contributed by atoms with van der Waals surface area (Å²) >= 11 is 1.60. The van der Waals surface area contributed by atoms with Gasteiger partial charge >= 0.3 is 0 Å². The van der Waals surface area contributed by atoms with Gasteiger partial charge in [-0.25, -0.2) is 0 Å². The first-order valence-corrected chi connectivity index (χ1v) is 10.7. The molecule has 8 heteroatoms. The number of carbonyl (C=O) groups is 2. The first-order chi connectivity index (χ1) is 15.0. The standard InChI is InChI=1S/C23H24N2O5S/c1-3-28-18-9-11-19(12-10-18)30-16(2)22(26)24-25-23(27)17-6-4-7-20(14-17)29-15-21-8-5-13-31-21/h4-14,16H,3,15H2,1-2H3,(H,24,26)(H,25,27). The van der Waals surface area contributed by atoms with E-state index in [1.807, 2.05) is 24.4 Å². The Kier molecular flexibility index (Phi) is 7.89. The third kappa shape index (κ3) is 6.75. The molecule has 0 aliphatic heterocycles. The zero-order valence-corrected chi connectivity index (χ0v) is 18.1. The molecule has 1 aromatic heterocycles. The molecule has 0 fully saturated rings. The van der Waals surface area contributed by atoms with Crippen molar-refractivity contribution in [3.05, 3.63) is 76.5 Å². The molecule has 2 amide bonds. The van der Waals surface area contributed by atoms with Crippen molar-refractivity contribution in [2.24, 2.45) is 0 Å². The van der Waals surface area contributed by atoms with Gasteiger partial charge in [0.1, 0.15) is 23.9 Å². The number of ether oxygens (including phenoxy) is 3. The SMILES string of the molecule is CCOc1ccc(OC(C)C(=O)NNC(=O)c2cccc(OCc3cccs3)c2)cc1. The van der Waals surface area contributed by atoms with Crippen LogP contribution < -0.4 is 25.1 Å². The summed E-state index contributed by atoms with van der Waals surface area (Å²) in [5, 5.41) is 1.98. The molecule has 31 heavy (non-hydrogen) atoms. The highest BCUT2D eigenvalue weighted by Gasteiger charge is 2.16. The number of hydrogen-bond acceptors (Lipinski definition) is 6. The van der Waals surface area contributed by atoms with Gasteiger partial charge in [0.15, 0.2) is 6.10 Å². The zero-order chi connectivity index (χ0) is 22.1. The van der Waals surface area contributed by atoms with Crippen LogP contribution in [0.5, 0.6) is 17.2 Å². The van der Waals surface area contributed by atoms with Gasteiger partial charge in [0.25, 0.3) is 11.8 Å². The highest BCUT2D eigenvalue weighted by molar-refractivity contribution is 7.09. The van der Waals surface area contributed by atoms with Gasteiger partial charge in [0, 0.05) is 10.4 Å². The first kappa shape index (κ1) is 22.2. The van der Waals surface area contributed by atoms with Gasteiger partial charge in [-0.3, -0.25) is 20.4 Å². The summed E-state index contributed by atoms with van der Waals surface area (Å²) in [5.74, 6) is 0.879. The molecule has 7 nitrogen and oxygen atoms in total. The molecule has 1 atom stereocenters. The van der Waals surface area contributed by atoms with Crippen LogP contribution in [0.25, 0.3) is 0 Å². The van der Waals surface area contributed by atoms with Crippen LogP contribution in [-0.4, -0.2) is 24.5 Å². The van der Waals surface area contributed by atoms with E-state index in [0.29, 0.717) is 30.3 Å².